The summed E-state index contributed by atoms with van der Waals surface area (Å²) in [6.07, 6.45) is 0.726. The van der Waals surface area contributed by atoms with Gasteiger partial charge < -0.3 is 9.30 Å². The molecular formula is C18H17BrFN3O3. The van der Waals surface area contributed by atoms with E-state index in [2.05, 4.69) is 20.9 Å². The van der Waals surface area contributed by atoms with Crippen molar-refractivity contribution in [3.63, 3.8) is 0 Å². The lowest BCUT2D eigenvalue weighted by molar-refractivity contribution is 0.0546. The zero-order valence-electron chi connectivity index (χ0n) is 14.7. The second-order valence-electron chi connectivity index (χ2n) is 6.85. The van der Waals surface area contributed by atoms with Crippen LogP contribution in [-0.2, 0) is 11.8 Å². The molecule has 3 aromatic rings. The van der Waals surface area contributed by atoms with Gasteiger partial charge in [-0.05, 0) is 48.8 Å². The molecule has 0 saturated carbocycles. The van der Waals surface area contributed by atoms with Crippen LogP contribution in [0.1, 0.15) is 20.8 Å². The summed E-state index contributed by atoms with van der Waals surface area (Å²) >= 11 is 3.24. The fourth-order valence-corrected chi connectivity index (χ4v) is 3.11. The van der Waals surface area contributed by atoms with Gasteiger partial charge in [0.1, 0.15) is 16.0 Å². The van der Waals surface area contributed by atoms with Crippen molar-refractivity contribution in [1.82, 2.24) is 14.1 Å². The molecule has 0 atom stereocenters. The Hall–Kier alpha value is -2.48. The third-order valence-corrected chi connectivity index (χ3v) is 4.02. The van der Waals surface area contributed by atoms with E-state index in [4.69, 9.17) is 4.74 Å². The van der Waals surface area contributed by atoms with Crippen molar-refractivity contribution in [2.75, 3.05) is 0 Å². The zero-order valence-corrected chi connectivity index (χ0v) is 16.3. The molecule has 3 rings (SSSR count). The van der Waals surface area contributed by atoms with Crippen LogP contribution < -0.4 is 5.56 Å². The molecule has 0 spiro atoms. The van der Waals surface area contributed by atoms with Gasteiger partial charge in [0.15, 0.2) is 5.69 Å². The van der Waals surface area contributed by atoms with Crippen molar-refractivity contribution in [3.8, 4) is 11.4 Å². The van der Waals surface area contributed by atoms with Gasteiger partial charge in [0.25, 0.3) is 5.56 Å². The third kappa shape index (κ3) is 3.29. The second-order valence-corrected chi connectivity index (χ2v) is 7.66. The Labute approximate surface area is 157 Å². The maximum atomic E-state index is 14.5. The molecule has 0 unspecified atom stereocenters. The minimum absolute atomic E-state index is 0.0170. The van der Waals surface area contributed by atoms with Crippen LogP contribution in [0.2, 0.25) is 0 Å². The molecule has 0 saturated heterocycles. The molecule has 0 aliphatic heterocycles. The van der Waals surface area contributed by atoms with Crippen molar-refractivity contribution in [2.45, 2.75) is 26.4 Å². The summed E-state index contributed by atoms with van der Waals surface area (Å²) in [7, 11) is 1.57. The average molecular weight is 422 g/mol. The molecule has 0 amide bonds. The SMILES string of the molecule is Cn1cc(Br)nc(-c2cc3cccc(F)c3n2C(=O)OC(C)(C)C)c1=O. The van der Waals surface area contributed by atoms with Crippen molar-refractivity contribution >= 4 is 32.9 Å². The van der Waals surface area contributed by atoms with E-state index in [1.807, 2.05) is 0 Å². The largest absolute Gasteiger partial charge is 0.443 e. The Bertz CT molecular complexity index is 1080. The molecule has 8 heteroatoms. The van der Waals surface area contributed by atoms with Crippen LogP contribution in [-0.4, -0.2) is 25.8 Å². The first kappa shape index (κ1) is 18.3. The first-order valence-corrected chi connectivity index (χ1v) is 8.64. The minimum Gasteiger partial charge on any atom is -0.443 e. The van der Waals surface area contributed by atoms with Crippen molar-refractivity contribution in [2.24, 2.45) is 7.05 Å². The van der Waals surface area contributed by atoms with E-state index in [9.17, 15) is 14.0 Å². The van der Waals surface area contributed by atoms with Crippen LogP contribution in [0.4, 0.5) is 9.18 Å². The van der Waals surface area contributed by atoms with Crippen molar-refractivity contribution in [1.29, 1.82) is 0 Å². The second kappa shape index (κ2) is 6.35. The molecule has 2 heterocycles. The molecule has 2 aromatic heterocycles. The molecule has 0 bridgehead atoms. The van der Waals surface area contributed by atoms with Gasteiger partial charge in [-0.1, -0.05) is 12.1 Å². The number of aryl methyl sites for hydroxylation is 1. The lowest BCUT2D eigenvalue weighted by Gasteiger charge is -2.21. The molecule has 0 aliphatic carbocycles. The maximum absolute atomic E-state index is 14.5. The molecule has 26 heavy (non-hydrogen) atoms. The number of hydrogen-bond donors (Lipinski definition) is 0. The highest BCUT2D eigenvalue weighted by atomic mass is 79.9. The monoisotopic (exact) mass is 421 g/mol. The number of nitrogens with zero attached hydrogens (tertiary/aromatic N) is 3. The van der Waals surface area contributed by atoms with Gasteiger partial charge in [0.05, 0.1) is 11.2 Å². The number of aromatic nitrogens is 3. The van der Waals surface area contributed by atoms with E-state index in [0.717, 1.165) is 4.57 Å². The molecular weight excluding hydrogens is 405 g/mol. The normalized spacial score (nSPS) is 11.8. The highest BCUT2D eigenvalue weighted by Crippen LogP contribution is 2.29. The van der Waals surface area contributed by atoms with Crippen LogP contribution >= 0.6 is 15.9 Å². The molecule has 6 nitrogen and oxygen atoms in total. The van der Waals surface area contributed by atoms with Crippen molar-refractivity contribution < 1.29 is 13.9 Å². The number of carbonyl (C=O) groups is 1. The quantitative estimate of drug-likeness (QED) is 0.593. The van der Waals surface area contributed by atoms with Gasteiger partial charge in [-0.3, -0.25) is 4.79 Å². The number of benzene rings is 1. The fourth-order valence-electron chi connectivity index (χ4n) is 2.62. The van der Waals surface area contributed by atoms with Crippen LogP contribution in [0.15, 0.2) is 39.9 Å². The molecule has 0 aliphatic rings. The topological polar surface area (TPSA) is 66.1 Å². The lowest BCUT2D eigenvalue weighted by Crippen LogP contribution is -2.29. The maximum Gasteiger partial charge on any atom is 0.419 e. The van der Waals surface area contributed by atoms with Gasteiger partial charge >= 0.3 is 6.09 Å². The summed E-state index contributed by atoms with van der Waals surface area (Å²) in [6.45, 7) is 5.13. The van der Waals surface area contributed by atoms with E-state index in [-0.39, 0.29) is 16.9 Å². The van der Waals surface area contributed by atoms with E-state index in [1.54, 1.807) is 40.0 Å². The van der Waals surface area contributed by atoms with Gasteiger partial charge in [-0.25, -0.2) is 18.7 Å². The van der Waals surface area contributed by atoms with Gasteiger partial charge in [0.2, 0.25) is 0 Å². The first-order valence-electron chi connectivity index (χ1n) is 7.85. The highest BCUT2D eigenvalue weighted by Gasteiger charge is 2.26. The van der Waals surface area contributed by atoms with E-state index in [1.165, 1.54) is 22.9 Å². The van der Waals surface area contributed by atoms with Crippen molar-refractivity contribution in [3.05, 3.63) is 51.2 Å². The Balaban J connectivity index is 2.37. The number of ether oxygens (including phenoxy) is 1. The van der Waals surface area contributed by atoms with Gasteiger partial charge in [0, 0.05) is 18.6 Å². The highest BCUT2D eigenvalue weighted by molar-refractivity contribution is 9.10. The number of hydrogen-bond acceptors (Lipinski definition) is 4. The summed E-state index contributed by atoms with van der Waals surface area (Å²) in [5.74, 6) is -0.591. The number of fused-ring (bicyclic) bond motifs is 1. The van der Waals surface area contributed by atoms with E-state index < -0.39 is 23.1 Å². The predicted octanol–water partition coefficient (Wildman–Crippen LogP) is 4.09. The number of rotatable bonds is 1. The predicted molar refractivity (Wildman–Crippen MR) is 99.7 cm³/mol. The number of carbonyl (C=O) groups excluding carboxylic acids is 1. The Morgan fingerprint density at radius 3 is 2.65 bits per heavy atom. The molecule has 0 N–H and O–H groups in total. The number of halogens is 2. The molecule has 0 fully saturated rings. The van der Waals surface area contributed by atoms with Crippen LogP contribution in [0.3, 0.4) is 0 Å². The first-order chi connectivity index (χ1) is 12.1. The molecule has 136 valence electrons. The standard InChI is InChI=1S/C18H17BrFN3O3/c1-18(2,3)26-17(25)23-12(8-10-6-5-7-11(20)15(10)23)14-16(24)22(4)9-13(19)21-14/h5-9H,1-4H3. The fraction of sp³-hybridized carbons (Fsp3) is 0.278. The lowest BCUT2D eigenvalue weighted by atomic mass is 10.2. The van der Waals surface area contributed by atoms with Crippen LogP contribution in [0.5, 0.6) is 0 Å². The Morgan fingerprint density at radius 1 is 1.31 bits per heavy atom. The zero-order chi connectivity index (χ0) is 19.2. The van der Waals surface area contributed by atoms with Crippen LogP contribution in [0, 0.1) is 5.82 Å². The third-order valence-electron chi connectivity index (χ3n) is 3.64. The summed E-state index contributed by atoms with van der Waals surface area (Å²) in [5, 5.41) is 0.467. The number of para-hydroxylation sites is 1. The Morgan fingerprint density at radius 2 is 2.00 bits per heavy atom. The van der Waals surface area contributed by atoms with Gasteiger partial charge in [-0.2, -0.15) is 0 Å². The smallest absolute Gasteiger partial charge is 0.419 e. The van der Waals surface area contributed by atoms with Gasteiger partial charge in [-0.15, -0.1) is 0 Å². The average Bonchev–Trinajstić information content (AvgIpc) is 2.90. The molecule has 1 aromatic carbocycles. The summed E-state index contributed by atoms with van der Waals surface area (Å²) in [6, 6.07) is 6.00. The Kier molecular flexibility index (Phi) is 4.47. The molecule has 0 radical (unpaired) electrons. The summed E-state index contributed by atoms with van der Waals surface area (Å²) in [4.78, 5) is 29.6. The summed E-state index contributed by atoms with van der Waals surface area (Å²) < 4.78 is 22.7. The van der Waals surface area contributed by atoms with E-state index in [0.29, 0.717) is 9.99 Å². The van der Waals surface area contributed by atoms with Crippen LogP contribution in [0.25, 0.3) is 22.3 Å². The summed E-state index contributed by atoms with van der Waals surface area (Å²) in [5.41, 5.74) is -0.974. The minimum atomic E-state index is -0.786. The van der Waals surface area contributed by atoms with E-state index >= 15 is 0 Å².